The highest BCUT2D eigenvalue weighted by Crippen LogP contribution is 2.20. The number of rotatable bonds is 8. The summed E-state index contributed by atoms with van der Waals surface area (Å²) >= 11 is 0. The van der Waals surface area contributed by atoms with Crippen molar-refractivity contribution in [1.29, 1.82) is 0 Å². The van der Waals surface area contributed by atoms with E-state index >= 15 is 0 Å². The normalized spacial score (nSPS) is 22.4. The number of nitrogens with one attached hydrogen (secondary N) is 4. The molecule has 0 aromatic rings. The Morgan fingerprint density at radius 1 is 0.737 bits per heavy atom. The lowest BCUT2D eigenvalue weighted by atomic mass is 10.3. The Labute approximate surface area is 119 Å². The van der Waals surface area contributed by atoms with Crippen LogP contribution in [-0.4, -0.2) is 33.9 Å². The van der Waals surface area contributed by atoms with Crippen LogP contribution in [-0.2, 0) is 0 Å². The molecule has 2 aliphatic rings. The van der Waals surface area contributed by atoms with Crippen molar-refractivity contribution < 1.29 is 0 Å². The van der Waals surface area contributed by atoms with E-state index in [0.717, 1.165) is 13.1 Å². The van der Waals surface area contributed by atoms with Gasteiger partial charge in [-0.05, 0) is 38.8 Å². The standard InChI is InChI=1S/C14H32N4Si/c1-3-15-19(16-4-2,17-13-9-5-6-10-13)18-14-11-7-8-12-14/h13-18H,3-12H2,1-2H3. The lowest BCUT2D eigenvalue weighted by Gasteiger charge is -2.38. The lowest BCUT2D eigenvalue weighted by Crippen LogP contribution is -2.83. The summed E-state index contributed by atoms with van der Waals surface area (Å²) in [5.41, 5.74) is 0. The van der Waals surface area contributed by atoms with Crippen molar-refractivity contribution in [3.63, 3.8) is 0 Å². The second-order valence-corrected chi connectivity index (χ2v) is 8.85. The molecule has 19 heavy (non-hydrogen) atoms. The fraction of sp³-hybridized carbons (Fsp3) is 1.00. The lowest BCUT2D eigenvalue weighted by molar-refractivity contribution is 0.538. The molecule has 0 radical (unpaired) electrons. The fourth-order valence-electron chi connectivity index (χ4n) is 3.59. The summed E-state index contributed by atoms with van der Waals surface area (Å²) in [6.07, 6.45) is 11.0. The first-order valence-corrected chi connectivity index (χ1v) is 10.3. The van der Waals surface area contributed by atoms with E-state index in [1.54, 1.807) is 0 Å². The van der Waals surface area contributed by atoms with Crippen LogP contribution in [0.15, 0.2) is 0 Å². The van der Waals surface area contributed by atoms with Gasteiger partial charge >= 0.3 is 8.72 Å². The van der Waals surface area contributed by atoms with E-state index in [0.29, 0.717) is 12.1 Å². The predicted molar refractivity (Wildman–Crippen MR) is 83.9 cm³/mol. The van der Waals surface area contributed by atoms with Crippen molar-refractivity contribution in [2.24, 2.45) is 0 Å². The molecule has 0 aromatic carbocycles. The molecule has 4 N–H and O–H groups in total. The zero-order chi connectivity index (χ0) is 13.6. The zero-order valence-electron chi connectivity index (χ0n) is 12.7. The van der Waals surface area contributed by atoms with Crippen LogP contribution in [0.1, 0.15) is 65.2 Å². The summed E-state index contributed by atoms with van der Waals surface area (Å²) in [4.78, 5) is 15.4. The first-order chi connectivity index (χ1) is 9.28. The molecule has 0 unspecified atom stereocenters. The van der Waals surface area contributed by atoms with E-state index < -0.39 is 8.72 Å². The Morgan fingerprint density at radius 2 is 1.11 bits per heavy atom. The highest BCUT2D eigenvalue weighted by atomic mass is 28.4. The zero-order valence-corrected chi connectivity index (χ0v) is 13.7. The van der Waals surface area contributed by atoms with E-state index in [1.807, 2.05) is 0 Å². The molecule has 0 spiro atoms. The van der Waals surface area contributed by atoms with E-state index in [2.05, 4.69) is 33.8 Å². The van der Waals surface area contributed by atoms with Crippen LogP contribution in [0.3, 0.4) is 0 Å². The summed E-state index contributed by atoms with van der Waals surface area (Å²) < 4.78 is 0. The first-order valence-electron chi connectivity index (χ1n) is 8.33. The Morgan fingerprint density at radius 3 is 1.42 bits per heavy atom. The average Bonchev–Trinajstić information content (AvgIpc) is 3.03. The minimum absolute atomic E-state index is 0.707. The van der Waals surface area contributed by atoms with E-state index in [9.17, 15) is 0 Å². The molecule has 0 heterocycles. The van der Waals surface area contributed by atoms with Crippen LogP contribution in [0.25, 0.3) is 0 Å². The maximum absolute atomic E-state index is 3.96. The number of hydrogen-bond acceptors (Lipinski definition) is 4. The Bertz CT molecular complexity index is 224. The van der Waals surface area contributed by atoms with E-state index in [-0.39, 0.29) is 0 Å². The van der Waals surface area contributed by atoms with Crippen molar-refractivity contribution in [2.75, 3.05) is 13.1 Å². The van der Waals surface area contributed by atoms with E-state index in [1.165, 1.54) is 51.4 Å². The molecular formula is C14H32N4Si. The van der Waals surface area contributed by atoms with Crippen LogP contribution < -0.4 is 19.9 Å². The van der Waals surface area contributed by atoms with Crippen molar-refractivity contribution in [3.05, 3.63) is 0 Å². The second kappa shape index (κ2) is 7.74. The smallest absolute Gasteiger partial charge is 0.301 e. The van der Waals surface area contributed by atoms with Crippen LogP contribution in [0.5, 0.6) is 0 Å². The highest BCUT2D eigenvalue weighted by molar-refractivity contribution is 6.70. The molecular weight excluding hydrogens is 252 g/mol. The average molecular weight is 285 g/mol. The Balaban J connectivity index is 1.98. The van der Waals surface area contributed by atoms with Gasteiger partial charge in [0.2, 0.25) is 0 Å². The SMILES string of the molecule is CCN[Si](NCC)(NC1CCCC1)NC1CCCC1. The first kappa shape index (κ1) is 15.4. The van der Waals surface area contributed by atoms with Crippen LogP contribution in [0.4, 0.5) is 0 Å². The largest absolute Gasteiger partial charge is 0.366 e. The third kappa shape index (κ3) is 4.53. The molecule has 2 saturated carbocycles. The maximum Gasteiger partial charge on any atom is 0.366 e. The summed E-state index contributed by atoms with van der Waals surface area (Å²) in [5, 5.41) is 0. The molecule has 0 aliphatic heterocycles. The third-order valence-corrected chi connectivity index (χ3v) is 7.89. The molecule has 5 heteroatoms. The molecule has 2 fully saturated rings. The monoisotopic (exact) mass is 284 g/mol. The minimum atomic E-state index is -1.93. The van der Waals surface area contributed by atoms with Gasteiger partial charge in [0.15, 0.2) is 0 Å². The van der Waals surface area contributed by atoms with Crippen molar-refractivity contribution in [3.8, 4) is 0 Å². The van der Waals surface area contributed by atoms with Crippen molar-refractivity contribution in [1.82, 2.24) is 19.9 Å². The van der Waals surface area contributed by atoms with Gasteiger partial charge < -0.3 is 9.96 Å². The molecule has 2 rings (SSSR count). The molecule has 0 saturated heterocycles. The van der Waals surface area contributed by atoms with Gasteiger partial charge in [0.05, 0.1) is 0 Å². The fourth-order valence-corrected chi connectivity index (χ4v) is 7.07. The second-order valence-electron chi connectivity index (χ2n) is 6.06. The molecule has 4 nitrogen and oxygen atoms in total. The third-order valence-electron chi connectivity index (χ3n) is 4.44. The van der Waals surface area contributed by atoms with Gasteiger partial charge in [-0.15, -0.1) is 0 Å². The van der Waals surface area contributed by atoms with Gasteiger partial charge in [-0.3, -0.25) is 9.96 Å². The molecule has 2 aliphatic carbocycles. The Kier molecular flexibility index (Phi) is 6.29. The summed E-state index contributed by atoms with van der Waals surface area (Å²) in [7, 11) is -1.93. The van der Waals surface area contributed by atoms with Crippen LogP contribution >= 0.6 is 0 Å². The van der Waals surface area contributed by atoms with Gasteiger partial charge in [-0.25, -0.2) is 0 Å². The number of hydrogen-bond donors (Lipinski definition) is 4. The summed E-state index contributed by atoms with van der Waals surface area (Å²) in [6, 6.07) is 1.41. The maximum atomic E-state index is 3.96. The minimum Gasteiger partial charge on any atom is -0.301 e. The summed E-state index contributed by atoms with van der Waals surface area (Å²) in [5.74, 6) is 0. The van der Waals surface area contributed by atoms with Gasteiger partial charge in [0.1, 0.15) is 0 Å². The van der Waals surface area contributed by atoms with Crippen LogP contribution in [0.2, 0.25) is 0 Å². The topological polar surface area (TPSA) is 48.1 Å². The van der Waals surface area contributed by atoms with Crippen LogP contribution in [0, 0.1) is 0 Å². The van der Waals surface area contributed by atoms with E-state index in [4.69, 9.17) is 0 Å². The molecule has 0 bridgehead atoms. The quantitative estimate of drug-likeness (QED) is 0.513. The predicted octanol–water partition coefficient (Wildman–Crippen LogP) is 1.71. The molecule has 0 aromatic heterocycles. The van der Waals surface area contributed by atoms with Crippen molar-refractivity contribution in [2.45, 2.75) is 77.3 Å². The molecule has 0 amide bonds. The molecule has 0 atom stereocenters. The summed E-state index contributed by atoms with van der Waals surface area (Å²) in [6.45, 7) is 6.48. The van der Waals surface area contributed by atoms with Gasteiger partial charge in [0, 0.05) is 12.1 Å². The van der Waals surface area contributed by atoms with Gasteiger partial charge in [0.25, 0.3) is 0 Å². The Hall–Kier alpha value is 0.0569. The molecule has 112 valence electrons. The van der Waals surface area contributed by atoms with Crippen molar-refractivity contribution >= 4 is 8.72 Å². The van der Waals surface area contributed by atoms with Gasteiger partial charge in [-0.1, -0.05) is 39.5 Å². The highest BCUT2D eigenvalue weighted by Gasteiger charge is 2.38. The van der Waals surface area contributed by atoms with Gasteiger partial charge in [-0.2, -0.15) is 0 Å².